The first kappa shape index (κ1) is 23.6. The minimum atomic E-state index is -3.37. The van der Waals surface area contributed by atoms with E-state index in [0.29, 0.717) is 37.2 Å². The maximum atomic E-state index is 13.1. The molecule has 3 aromatic carbocycles. The first-order valence-electron chi connectivity index (χ1n) is 12.4. The summed E-state index contributed by atoms with van der Waals surface area (Å²) >= 11 is 0. The maximum absolute atomic E-state index is 13.1. The van der Waals surface area contributed by atoms with Gasteiger partial charge in [0.05, 0.1) is 10.1 Å². The highest BCUT2D eigenvalue weighted by Crippen LogP contribution is 2.40. The third kappa shape index (κ3) is 5.27. The van der Waals surface area contributed by atoms with Crippen LogP contribution in [-0.2, 0) is 27.7 Å². The molecule has 2 atom stereocenters. The van der Waals surface area contributed by atoms with Gasteiger partial charge in [-0.1, -0.05) is 60.7 Å². The number of sulfone groups is 1. The monoisotopic (exact) mass is 489 g/mol. The van der Waals surface area contributed by atoms with Crippen LogP contribution >= 0.6 is 0 Å². The Bertz CT molecular complexity index is 1230. The molecular formula is C29H31NO4S. The van der Waals surface area contributed by atoms with E-state index in [1.165, 1.54) is 0 Å². The summed E-state index contributed by atoms with van der Waals surface area (Å²) in [5.74, 6) is 0.945. The highest BCUT2D eigenvalue weighted by atomic mass is 32.2. The summed E-state index contributed by atoms with van der Waals surface area (Å²) in [4.78, 5) is 15.5. The van der Waals surface area contributed by atoms with Crippen LogP contribution in [0.5, 0.6) is 5.75 Å². The van der Waals surface area contributed by atoms with Crippen LogP contribution < -0.4 is 4.74 Å². The van der Waals surface area contributed by atoms with Crippen LogP contribution in [0.15, 0.2) is 89.8 Å². The molecule has 3 aromatic rings. The molecule has 5 rings (SSSR count). The molecule has 2 saturated heterocycles. The third-order valence-electron chi connectivity index (χ3n) is 7.29. The Morgan fingerprint density at radius 1 is 0.800 bits per heavy atom. The van der Waals surface area contributed by atoms with E-state index in [0.717, 1.165) is 29.7 Å². The molecule has 2 aliphatic rings. The van der Waals surface area contributed by atoms with Gasteiger partial charge in [-0.05, 0) is 67.5 Å². The number of benzene rings is 3. The van der Waals surface area contributed by atoms with Gasteiger partial charge in [-0.25, -0.2) is 8.42 Å². The first-order chi connectivity index (χ1) is 17.0. The molecule has 0 aliphatic carbocycles. The largest absolute Gasteiger partial charge is 0.489 e. The maximum Gasteiger partial charge on any atom is 0.223 e. The van der Waals surface area contributed by atoms with Gasteiger partial charge in [0.25, 0.3) is 0 Å². The van der Waals surface area contributed by atoms with Gasteiger partial charge in [-0.2, -0.15) is 0 Å². The second-order valence-electron chi connectivity index (χ2n) is 9.56. The van der Waals surface area contributed by atoms with Gasteiger partial charge >= 0.3 is 0 Å². The molecule has 0 radical (unpaired) electrons. The molecular weight excluding hydrogens is 458 g/mol. The van der Waals surface area contributed by atoms with Crippen molar-refractivity contribution >= 4 is 15.7 Å². The van der Waals surface area contributed by atoms with E-state index in [4.69, 9.17) is 4.74 Å². The summed E-state index contributed by atoms with van der Waals surface area (Å²) in [6.07, 6.45) is 3.96. The van der Waals surface area contributed by atoms with E-state index in [1.54, 1.807) is 24.3 Å². The highest BCUT2D eigenvalue weighted by molar-refractivity contribution is 7.92. The van der Waals surface area contributed by atoms with Crippen LogP contribution in [0, 0.1) is 0 Å². The minimum absolute atomic E-state index is 0.0264. The van der Waals surface area contributed by atoms with Crippen LogP contribution in [0.3, 0.4) is 0 Å². The van der Waals surface area contributed by atoms with Crippen LogP contribution in [0.4, 0.5) is 0 Å². The molecule has 2 fully saturated rings. The molecule has 35 heavy (non-hydrogen) atoms. The van der Waals surface area contributed by atoms with E-state index >= 15 is 0 Å². The molecule has 6 heteroatoms. The predicted octanol–water partition coefficient (Wildman–Crippen LogP) is 5.19. The van der Waals surface area contributed by atoms with Gasteiger partial charge in [0.2, 0.25) is 5.91 Å². The summed E-state index contributed by atoms with van der Waals surface area (Å²) in [6, 6.07) is 26.7. The number of amides is 1. The van der Waals surface area contributed by atoms with Crippen molar-refractivity contribution < 1.29 is 17.9 Å². The van der Waals surface area contributed by atoms with Gasteiger partial charge in [-0.15, -0.1) is 0 Å². The SMILES string of the molecule is O=C(CCc1ccc(OCc2ccccc2)cc1)N1C2CCC1CC(S(=O)(=O)c1ccccc1)C2. The number of carbonyl (C=O) groups is 1. The Kier molecular flexibility index (Phi) is 6.91. The molecule has 2 unspecified atom stereocenters. The Morgan fingerprint density at radius 2 is 1.40 bits per heavy atom. The molecule has 0 saturated carbocycles. The number of carbonyl (C=O) groups excluding carboxylic acids is 1. The number of piperidine rings is 1. The van der Waals surface area contributed by atoms with E-state index in [1.807, 2.05) is 65.6 Å². The van der Waals surface area contributed by atoms with Gasteiger partial charge < -0.3 is 9.64 Å². The van der Waals surface area contributed by atoms with Crippen molar-refractivity contribution in [2.75, 3.05) is 0 Å². The quantitative estimate of drug-likeness (QED) is 0.437. The van der Waals surface area contributed by atoms with E-state index in [9.17, 15) is 13.2 Å². The molecule has 5 nitrogen and oxygen atoms in total. The number of fused-ring (bicyclic) bond motifs is 2. The Morgan fingerprint density at radius 3 is 2.03 bits per heavy atom. The van der Waals surface area contributed by atoms with Crippen molar-refractivity contribution in [2.45, 2.75) is 67.4 Å². The zero-order valence-corrected chi connectivity index (χ0v) is 20.6. The normalized spacial score (nSPS) is 21.6. The number of aryl methyl sites for hydroxylation is 1. The Balaban J connectivity index is 1.15. The minimum Gasteiger partial charge on any atom is -0.489 e. The zero-order valence-electron chi connectivity index (χ0n) is 19.8. The van der Waals surface area contributed by atoms with Crippen molar-refractivity contribution in [2.24, 2.45) is 0 Å². The smallest absolute Gasteiger partial charge is 0.223 e. The number of rotatable bonds is 8. The number of nitrogens with zero attached hydrogens (tertiary/aromatic N) is 1. The lowest BCUT2D eigenvalue weighted by Gasteiger charge is -2.38. The van der Waals surface area contributed by atoms with Crippen molar-refractivity contribution in [3.8, 4) is 5.75 Å². The fraction of sp³-hybridized carbons (Fsp3) is 0.345. The molecule has 0 spiro atoms. The summed E-state index contributed by atoms with van der Waals surface area (Å²) in [6.45, 7) is 0.525. The van der Waals surface area contributed by atoms with Crippen molar-refractivity contribution in [1.82, 2.24) is 4.90 Å². The fourth-order valence-electron chi connectivity index (χ4n) is 5.46. The summed E-state index contributed by atoms with van der Waals surface area (Å²) in [5.41, 5.74) is 2.22. The topological polar surface area (TPSA) is 63.7 Å². The van der Waals surface area contributed by atoms with Crippen LogP contribution in [0.1, 0.15) is 43.2 Å². The van der Waals surface area contributed by atoms with Crippen LogP contribution in [0.2, 0.25) is 0 Å². The lowest BCUT2D eigenvalue weighted by atomic mass is 10.0. The van der Waals surface area contributed by atoms with E-state index in [2.05, 4.69) is 0 Å². The van der Waals surface area contributed by atoms with E-state index < -0.39 is 15.1 Å². The highest BCUT2D eigenvalue weighted by Gasteiger charge is 2.46. The Hall–Kier alpha value is -3.12. The predicted molar refractivity (Wildman–Crippen MR) is 136 cm³/mol. The van der Waals surface area contributed by atoms with Gasteiger partial charge in [0.15, 0.2) is 9.84 Å². The van der Waals surface area contributed by atoms with Crippen molar-refractivity contribution in [3.05, 3.63) is 96.1 Å². The molecule has 182 valence electrons. The lowest BCUT2D eigenvalue weighted by molar-refractivity contribution is -0.135. The van der Waals surface area contributed by atoms with E-state index in [-0.39, 0.29) is 18.0 Å². The zero-order chi connectivity index (χ0) is 24.3. The molecule has 2 heterocycles. The van der Waals surface area contributed by atoms with Crippen LogP contribution in [-0.4, -0.2) is 36.6 Å². The fourth-order valence-corrected chi connectivity index (χ4v) is 7.34. The second-order valence-corrected chi connectivity index (χ2v) is 11.8. The summed E-state index contributed by atoms with van der Waals surface area (Å²) in [5, 5.41) is -0.408. The van der Waals surface area contributed by atoms with Gasteiger partial charge in [0.1, 0.15) is 12.4 Å². The summed E-state index contributed by atoms with van der Waals surface area (Å²) < 4.78 is 32.1. The van der Waals surface area contributed by atoms with Crippen LogP contribution in [0.25, 0.3) is 0 Å². The second kappa shape index (κ2) is 10.2. The van der Waals surface area contributed by atoms with Gasteiger partial charge in [0, 0.05) is 18.5 Å². The average Bonchev–Trinajstić information content (AvgIpc) is 3.16. The lowest BCUT2D eigenvalue weighted by Crippen LogP contribution is -2.49. The standard InChI is InChI=1S/C29H31NO4S/c31-29(18-13-22-11-16-26(17-12-22)34-21-23-7-3-1-4-8-23)30-24-14-15-25(30)20-28(19-24)35(32,33)27-9-5-2-6-10-27/h1-12,16-17,24-25,28H,13-15,18-21H2. The van der Waals surface area contributed by atoms with Crippen molar-refractivity contribution in [1.29, 1.82) is 0 Å². The third-order valence-corrected chi connectivity index (χ3v) is 9.48. The van der Waals surface area contributed by atoms with Crippen molar-refractivity contribution in [3.63, 3.8) is 0 Å². The molecule has 2 aliphatic heterocycles. The first-order valence-corrected chi connectivity index (χ1v) is 13.9. The molecule has 0 aromatic heterocycles. The Labute approximate surface area is 207 Å². The van der Waals surface area contributed by atoms with Gasteiger partial charge in [-0.3, -0.25) is 4.79 Å². The number of ether oxygens (including phenoxy) is 1. The number of hydrogen-bond donors (Lipinski definition) is 0. The molecule has 0 N–H and O–H groups in total. The number of hydrogen-bond acceptors (Lipinski definition) is 4. The summed E-state index contributed by atoms with van der Waals surface area (Å²) in [7, 11) is -3.37. The molecule has 1 amide bonds. The molecule has 2 bridgehead atoms. The average molecular weight is 490 g/mol.